The Balaban J connectivity index is 2.34. The fraction of sp³-hybridized carbons (Fsp3) is 0.455. The Morgan fingerprint density at radius 1 is 1.31 bits per heavy atom. The van der Waals surface area contributed by atoms with Gasteiger partial charge in [0.2, 0.25) is 0 Å². The average molecular weight is 189 g/mol. The number of rotatable bonds is 1. The van der Waals surface area contributed by atoms with Gasteiger partial charge in [-0.05, 0) is 39.0 Å². The van der Waals surface area contributed by atoms with Crippen LogP contribution < -0.4 is 5.30 Å². The van der Waals surface area contributed by atoms with Crippen LogP contribution in [0.15, 0.2) is 30.3 Å². The zero-order valence-electron chi connectivity index (χ0n) is 8.11. The van der Waals surface area contributed by atoms with Gasteiger partial charge in [0.15, 0.2) is 0 Å². The standard InChI is InChI=1S/C11H15BP/c1-10-6-5-9-13(10,12)11-7-3-2-4-8-11/h2-4,7-8,10H,5-6,9H2,1H3/q+1/t10-,13?/m0/s1. The summed E-state index contributed by atoms with van der Waals surface area (Å²) in [6.45, 7) is 2.31. The molecule has 1 fully saturated rings. The lowest BCUT2D eigenvalue weighted by Crippen LogP contribution is -2.17. The van der Waals surface area contributed by atoms with Gasteiger partial charge in [-0.25, -0.2) is 0 Å². The van der Waals surface area contributed by atoms with Crippen LogP contribution in [0, 0.1) is 0 Å². The van der Waals surface area contributed by atoms with E-state index in [-0.39, 0.29) is 0 Å². The fourth-order valence-electron chi connectivity index (χ4n) is 2.19. The molecule has 1 unspecified atom stereocenters. The molecule has 0 nitrogen and oxygen atoms in total. The van der Waals surface area contributed by atoms with Crippen molar-refractivity contribution in [3.05, 3.63) is 30.3 Å². The summed E-state index contributed by atoms with van der Waals surface area (Å²) < 4.78 is 0. The summed E-state index contributed by atoms with van der Waals surface area (Å²) in [6.07, 6.45) is 3.89. The molecule has 1 aromatic rings. The molecular formula is C11H15BP+. The Labute approximate surface area is 82.4 Å². The first-order chi connectivity index (χ1) is 6.23. The highest BCUT2D eigenvalue weighted by Gasteiger charge is 2.44. The van der Waals surface area contributed by atoms with Crippen molar-refractivity contribution in [2.75, 3.05) is 6.16 Å². The van der Waals surface area contributed by atoms with E-state index in [0.29, 0.717) is 0 Å². The van der Waals surface area contributed by atoms with Gasteiger partial charge in [0, 0.05) is 6.16 Å². The second-order valence-corrected chi connectivity index (χ2v) is 7.69. The van der Waals surface area contributed by atoms with E-state index in [1.54, 1.807) is 0 Å². The summed E-state index contributed by atoms with van der Waals surface area (Å²) in [6, 6.07) is 10.7. The van der Waals surface area contributed by atoms with Crippen LogP contribution in [0.5, 0.6) is 0 Å². The van der Waals surface area contributed by atoms with Crippen LogP contribution >= 0.6 is 7.14 Å². The van der Waals surface area contributed by atoms with E-state index in [1.165, 1.54) is 24.3 Å². The van der Waals surface area contributed by atoms with E-state index in [0.717, 1.165) is 5.66 Å². The third kappa shape index (κ3) is 1.55. The van der Waals surface area contributed by atoms with Crippen LogP contribution in [-0.2, 0) is 0 Å². The lowest BCUT2D eigenvalue weighted by atomic mass is 10.3. The first-order valence-corrected chi connectivity index (χ1v) is 7.06. The molecule has 0 aliphatic carbocycles. The Morgan fingerprint density at radius 3 is 2.54 bits per heavy atom. The highest BCUT2D eigenvalue weighted by Crippen LogP contribution is 2.63. The van der Waals surface area contributed by atoms with Gasteiger partial charge < -0.3 is 0 Å². The molecule has 2 heteroatoms. The molecule has 0 N–H and O–H groups in total. The van der Waals surface area contributed by atoms with Crippen molar-refractivity contribution in [3.8, 4) is 0 Å². The number of benzene rings is 1. The first-order valence-electron chi connectivity index (χ1n) is 4.95. The van der Waals surface area contributed by atoms with Crippen LogP contribution in [0.4, 0.5) is 0 Å². The summed E-state index contributed by atoms with van der Waals surface area (Å²) in [5.74, 6) is 0. The molecule has 0 aromatic heterocycles. The van der Waals surface area contributed by atoms with E-state index in [9.17, 15) is 0 Å². The van der Waals surface area contributed by atoms with E-state index in [1.807, 2.05) is 0 Å². The largest absolute Gasteiger partial charge is 0.371 e. The summed E-state index contributed by atoms with van der Waals surface area (Å²) in [5.41, 5.74) is 0.731. The fourth-order valence-corrected chi connectivity index (χ4v) is 5.47. The zero-order valence-corrected chi connectivity index (χ0v) is 9.00. The van der Waals surface area contributed by atoms with E-state index in [2.05, 4.69) is 37.3 Å². The molecule has 0 bridgehead atoms. The van der Waals surface area contributed by atoms with Gasteiger partial charge in [-0.3, -0.25) is 0 Å². The molecule has 0 saturated carbocycles. The van der Waals surface area contributed by atoms with E-state index >= 15 is 0 Å². The predicted octanol–water partition coefficient (Wildman–Crippen LogP) is 2.60. The molecule has 2 rings (SSSR count). The maximum absolute atomic E-state index is 6.54. The lowest BCUT2D eigenvalue weighted by molar-refractivity contribution is 0.836. The van der Waals surface area contributed by atoms with Crippen molar-refractivity contribution in [1.82, 2.24) is 0 Å². The SMILES string of the molecule is [B][P+]1(c2ccccc2)CCC[C@@H]1C. The van der Waals surface area contributed by atoms with Crippen molar-refractivity contribution in [2.45, 2.75) is 25.4 Å². The second kappa shape index (κ2) is 3.46. The van der Waals surface area contributed by atoms with Gasteiger partial charge >= 0.3 is 7.57 Å². The minimum atomic E-state index is -1.26. The van der Waals surface area contributed by atoms with Gasteiger partial charge in [0.05, 0.1) is 11.0 Å². The third-order valence-electron chi connectivity index (χ3n) is 3.17. The number of hydrogen-bond acceptors (Lipinski definition) is 0. The summed E-state index contributed by atoms with van der Waals surface area (Å²) in [5, 5.41) is 1.42. The average Bonchev–Trinajstić information content (AvgIpc) is 2.50. The zero-order chi connectivity index (χ0) is 9.31. The maximum Gasteiger partial charge on any atom is 0.371 e. The molecule has 13 heavy (non-hydrogen) atoms. The normalized spacial score (nSPS) is 33.5. The Kier molecular flexibility index (Phi) is 2.47. The van der Waals surface area contributed by atoms with E-state index < -0.39 is 7.14 Å². The third-order valence-corrected chi connectivity index (χ3v) is 7.32. The smallest absolute Gasteiger partial charge is 0.0620 e. The summed E-state index contributed by atoms with van der Waals surface area (Å²) >= 11 is 0. The Hall–Kier alpha value is -0.285. The summed E-state index contributed by atoms with van der Waals surface area (Å²) in [4.78, 5) is 0. The molecule has 1 saturated heterocycles. The van der Waals surface area contributed by atoms with Gasteiger partial charge in [-0.15, -0.1) is 0 Å². The minimum absolute atomic E-state index is 0.731. The van der Waals surface area contributed by atoms with Crippen molar-refractivity contribution >= 4 is 20.0 Å². The second-order valence-electron chi connectivity index (χ2n) is 3.98. The minimum Gasteiger partial charge on any atom is -0.0620 e. The van der Waals surface area contributed by atoms with Crippen molar-refractivity contribution in [1.29, 1.82) is 0 Å². The van der Waals surface area contributed by atoms with Crippen molar-refractivity contribution < 1.29 is 0 Å². The Bertz CT molecular complexity index is 285. The molecule has 1 aliphatic rings. The van der Waals surface area contributed by atoms with Crippen molar-refractivity contribution in [2.24, 2.45) is 0 Å². The van der Waals surface area contributed by atoms with Crippen LogP contribution in [-0.4, -0.2) is 19.4 Å². The van der Waals surface area contributed by atoms with Crippen LogP contribution in [0.25, 0.3) is 0 Å². The van der Waals surface area contributed by atoms with Gasteiger partial charge in [-0.2, -0.15) is 0 Å². The molecule has 1 aliphatic heterocycles. The van der Waals surface area contributed by atoms with Crippen molar-refractivity contribution in [3.63, 3.8) is 0 Å². The maximum atomic E-state index is 6.54. The molecule has 1 aromatic carbocycles. The molecule has 0 amide bonds. The van der Waals surface area contributed by atoms with Crippen LogP contribution in [0.1, 0.15) is 19.8 Å². The molecule has 2 radical (unpaired) electrons. The highest BCUT2D eigenvalue weighted by atomic mass is 31.2. The topological polar surface area (TPSA) is 0 Å². The number of hydrogen-bond donors (Lipinski definition) is 0. The lowest BCUT2D eigenvalue weighted by Gasteiger charge is -2.22. The van der Waals surface area contributed by atoms with Crippen LogP contribution in [0.2, 0.25) is 0 Å². The molecular weight excluding hydrogens is 174 g/mol. The van der Waals surface area contributed by atoms with E-state index in [4.69, 9.17) is 7.57 Å². The summed E-state index contributed by atoms with van der Waals surface area (Å²) in [7, 11) is 5.27. The highest BCUT2D eigenvalue weighted by molar-refractivity contribution is 8.03. The molecule has 0 spiro atoms. The van der Waals surface area contributed by atoms with Gasteiger partial charge in [0.25, 0.3) is 0 Å². The van der Waals surface area contributed by atoms with Gasteiger partial charge in [-0.1, -0.05) is 18.2 Å². The Morgan fingerprint density at radius 2 is 2.00 bits per heavy atom. The van der Waals surface area contributed by atoms with Gasteiger partial charge in [0.1, 0.15) is 0 Å². The predicted molar refractivity (Wildman–Crippen MR) is 62.3 cm³/mol. The first kappa shape index (κ1) is 9.28. The molecule has 2 atom stereocenters. The monoisotopic (exact) mass is 189 g/mol. The quantitative estimate of drug-likeness (QED) is 0.470. The molecule has 66 valence electrons. The van der Waals surface area contributed by atoms with Crippen LogP contribution in [0.3, 0.4) is 0 Å². The molecule has 1 heterocycles.